The molecule has 0 spiro atoms. The molecule has 27 heavy (non-hydrogen) atoms. The van der Waals surface area contributed by atoms with Gasteiger partial charge >= 0.3 is 0 Å². The maximum absolute atomic E-state index is 6.74. The molecular formula is C24H42OSi2. The average molecular weight is 403 g/mol. The van der Waals surface area contributed by atoms with E-state index in [1.807, 2.05) is 0 Å². The normalized spacial score (nSPS) is 25.1. The van der Waals surface area contributed by atoms with Crippen LogP contribution in [0.3, 0.4) is 0 Å². The fourth-order valence-electron chi connectivity index (χ4n) is 4.33. The fourth-order valence-corrected chi connectivity index (χ4v) is 6.07. The monoisotopic (exact) mass is 402 g/mol. The highest BCUT2D eigenvalue weighted by molar-refractivity contribution is 6.83. The molecule has 0 saturated heterocycles. The van der Waals surface area contributed by atoms with E-state index in [0.29, 0.717) is 0 Å². The third-order valence-electron chi connectivity index (χ3n) is 7.05. The van der Waals surface area contributed by atoms with E-state index < -0.39 is 16.4 Å². The minimum atomic E-state index is -1.79. The summed E-state index contributed by atoms with van der Waals surface area (Å²) in [5, 5.41) is 0.239. The molecular weight excluding hydrogens is 360 g/mol. The number of rotatable bonds is 4. The first kappa shape index (κ1) is 22.6. The summed E-state index contributed by atoms with van der Waals surface area (Å²) in [6, 6.07) is 0. The third-order valence-corrected chi connectivity index (χ3v) is 12.4. The molecule has 0 bridgehead atoms. The lowest BCUT2D eigenvalue weighted by Crippen LogP contribution is -2.44. The number of fused-ring (bicyclic) bond motifs is 1. The quantitative estimate of drug-likeness (QED) is 0.346. The molecule has 2 aliphatic rings. The Balaban J connectivity index is 2.26. The van der Waals surface area contributed by atoms with Crippen molar-refractivity contribution in [3.8, 4) is 11.5 Å². The number of allylic oxidation sites excluding steroid dienone is 4. The first-order valence-corrected chi connectivity index (χ1v) is 17.1. The Morgan fingerprint density at radius 1 is 1.11 bits per heavy atom. The van der Waals surface area contributed by atoms with Gasteiger partial charge in [0.25, 0.3) is 0 Å². The van der Waals surface area contributed by atoms with Crippen LogP contribution in [0.25, 0.3) is 0 Å². The minimum absolute atomic E-state index is 0.225. The molecule has 0 aliphatic heterocycles. The molecule has 1 atom stereocenters. The van der Waals surface area contributed by atoms with Crippen LogP contribution in [0, 0.1) is 22.3 Å². The molecule has 0 heterocycles. The van der Waals surface area contributed by atoms with Crippen molar-refractivity contribution in [1.29, 1.82) is 0 Å². The maximum Gasteiger partial charge on any atom is 0.250 e. The van der Waals surface area contributed by atoms with E-state index in [1.54, 1.807) is 0 Å². The molecule has 0 aromatic heterocycles. The van der Waals surface area contributed by atoms with Gasteiger partial charge in [0.05, 0.1) is 5.76 Å². The van der Waals surface area contributed by atoms with Gasteiger partial charge in [-0.3, -0.25) is 0 Å². The van der Waals surface area contributed by atoms with Crippen LogP contribution in [-0.4, -0.2) is 16.4 Å². The highest BCUT2D eigenvalue weighted by Crippen LogP contribution is 2.61. The Bertz CT molecular complexity index is 687. The van der Waals surface area contributed by atoms with E-state index in [-0.39, 0.29) is 15.9 Å². The second kappa shape index (κ2) is 7.27. The van der Waals surface area contributed by atoms with Crippen LogP contribution in [0.2, 0.25) is 37.8 Å². The van der Waals surface area contributed by atoms with E-state index in [4.69, 9.17) is 4.43 Å². The van der Waals surface area contributed by atoms with Gasteiger partial charge in [0.2, 0.25) is 8.32 Å². The molecule has 2 rings (SSSR count). The van der Waals surface area contributed by atoms with Crippen molar-refractivity contribution in [2.24, 2.45) is 10.8 Å². The second-order valence-corrected chi connectivity index (χ2v) is 21.3. The van der Waals surface area contributed by atoms with Crippen molar-refractivity contribution in [3.63, 3.8) is 0 Å². The standard InChI is InChI=1S/C24H42OSi2/c1-22(2,3)27(9,10)25-21-18-20-14-13-16-24(20,23(4,5)19-21)15-11-12-17-26(6,7)8/h14,18H,11,13,15-16,19H2,1-10H3/t24-/m0/s1. The Labute approximate surface area is 171 Å². The Morgan fingerprint density at radius 3 is 2.30 bits per heavy atom. The molecule has 0 aromatic rings. The van der Waals surface area contributed by atoms with E-state index in [1.165, 1.54) is 30.6 Å². The second-order valence-electron chi connectivity index (χ2n) is 11.9. The Kier molecular flexibility index (Phi) is 6.07. The average Bonchev–Trinajstić information content (AvgIpc) is 2.85. The molecule has 0 unspecified atom stereocenters. The molecule has 0 radical (unpaired) electrons. The van der Waals surface area contributed by atoms with Crippen molar-refractivity contribution in [2.45, 2.75) is 104 Å². The summed E-state index contributed by atoms with van der Waals surface area (Å²) in [5.74, 6) is 4.75. The van der Waals surface area contributed by atoms with Crippen LogP contribution in [0.4, 0.5) is 0 Å². The summed E-state index contributed by atoms with van der Waals surface area (Å²) in [6.45, 7) is 23.6. The van der Waals surface area contributed by atoms with E-state index >= 15 is 0 Å². The molecule has 0 aromatic carbocycles. The minimum Gasteiger partial charge on any atom is -0.546 e. The number of hydrogen-bond acceptors (Lipinski definition) is 1. The zero-order valence-electron chi connectivity index (χ0n) is 19.6. The molecule has 1 nitrogen and oxygen atoms in total. The van der Waals surface area contributed by atoms with Crippen molar-refractivity contribution in [1.82, 2.24) is 0 Å². The summed E-state index contributed by atoms with van der Waals surface area (Å²) in [7, 11) is -3.06. The summed E-state index contributed by atoms with van der Waals surface area (Å²) in [6.07, 6.45) is 10.6. The van der Waals surface area contributed by atoms with E-state index in [9.17, 15) is 0 Å². The van der Waals surface area contributed by atoms with Gasteiger partial charge in [-0.1, -0.05) is 60.3 Å². The van der Waals surface area contributed by atoms with Crippen LogP contribution in [0.5, 0.6) is 0 Å². The summed E-state index contributed by atoms with van der Waals surface area (Å²) >= 11 is 0. The smallest absolute Gasteiger partial charge is 0.250 e. The Morgan fingerprint density at radius 2 is 1.74 bits per heavy atom. The Hall–Kier alpha value is -0.726. The van der Waals surface area contributed by atoms with Crippen LogP contribution >= 0.6 is 0 Å². The predicted molar refractivity (Wildman–Crippen MR) is 125 cm³/mol. The SMILES string of the molecule is CC1(C)CC(O[Si](C)(C)C(C)(C)C)=CC2=CCC[C@@]21CCC#C[Si](C)(C)C. The molecule has 0 saturated carbocycles. The zero-order chi connectivity index (χ0) is 20.7. The molecule has 0 N–H and O–H groups in total. The summed E-state index contributed by atoms with van der Waals surface area (Å²) in [4.78, 5) is 0. The fraction of sp³-hybridized carbons (Fsp3) is 0.750. The lowest BCUT2D eigenvalue weighted by atomic mass is 9.56. The molecule has 152 valence electrons. The van der Waals surface area contributed by atoms with E-state index in [0.717, 1.165) is 12.8 Å². The summed E-state index contributed by atoms with van der Waals surface area (Å²) in [5.41, 5.74) is 5.59. The number of hydrogen-bond donors (Lipinski definition) is 0. The molecule has 2 aliphatic carbocycles. The van der Waals surface area contributed by atoms with Gasteiger partial charge in [-0.25, -0.2) is 0 Å². The van der Waals surface area contributed by atoms with Crippen molar-refractivity contribution in [2.75, 3.05) is 0 Å². The van der Waals surface area contributed by atoms with Gasteiger partial charge in [-0.15, -0.1) is 11.5 Å². The van der Waals surface area contributed by atoms with Crippen LogP contribution < -0.4 is 0 Å². The van der Waals surface area contributed by atoms with Gasteiger partial charge in [0, 0.05) is 18.3 Å². The third kappa shape index (κ3) is 4.82. The van der Waals surface area contributed by atoms with Crippen molar-refractivity contribution >= 4 is 16.4 Å². The van der Waals surface area contributed by atoms with Crippen LogP contribution in [-0.2, 0) is 4.43 Å². The highest BCUT2D eigenvalue weighted by atomic mass is 28.4. The predicted octanol–water partition coefficient (Wildman–Crippen LogP) is 7.69. The lowest BCUT2D eigenvalue weighted by molar-refractivity contribution is 0.0799. The first-order chi connectivity index (χ1) is 12.1. The maximum atomic E-state index is 6.74. The molecule has 3 heteroatoms. The first-order valence-electron chi connectivity index (χ1n) is 10.7. The van der Waals surface area contributed by atoms with Crippen LogP contribution in [0.15, 0.2) is 23.5 Å². The van der Waals surface area contributed by atoms with Gasteiger partial charge in [0.1, 0.15) is 8.07 Å². The zero-order valence-corrected chi connectivity index (χ0v) is 21.6. The van der Waals surface area contributed by atoms with Gasteiger partial charge in [-0.05, 0) is 54.5 Å². The van der Waals surface area contributed by atoms with Gasteiger partial charge in [-0.2, -0.15) is 0 Å². The lowest BCUT2D eigenvalue weighted by Gasteiger charge is -2.50. The highest BCUT2D eigenvalue weighted by Gasteiger charge is 2.51. The van der Waals surface area contributed by atoms with Gasteiger partial charge in [0.15, 0.2) is 0 Å². The van der Waals surface area contributed by atoms with Crippen LogP contribution in [0.1, 0.15) is 66.7 Å². The molecule has 0 amide bonds. The largest absolute Gasteiger partial charge is 0.546 e. The van der Waals surface area contributed by atoms with Crippen molar-refractivity contribution < 1.29 is 4.43 Å². The topological polar surface area (TPSA) is 9.23 Å². The summed E-state index contributed by atoms with van der Waals surface area (Å²) < 4.78 is 6.74. The van der Waals surface area contributed by atoms with Gasteiger partial charge < -0.3 is 4.43 Å². The van der Waals surface area contributed by atoms with E-state index in [2.05, 4.69) is 91.0 Å². The molecule has 0 fully saturated rings. The van der Waals surface area contributed by atoms with Crippen molar-refractivity contribution in [3.05, 3.63) is 23.5 Å².